The van der Waals surface area contributed by atoms with Gasteiger partial charge in [-0.25, -0.2) is 0 Å². The van der Waals surface area contributed by atoms with Crippen molar-refractivity contribution in [2.24, 2.45) is 5.73 Å². The molecule has 0 saturated heterocycles. The molecule has 0 bridgehead atoms. The molecule has 0 aliphatic rings. The fraction of sp³-hybridized carbons (Fsp3) is 0.462. The molecule has 1 amide bonds. The first-order chi connectivity index (χ1) is 7.61. The lowest BCUT2D eigenvalue weighted by molar-refractivity contribution is -0.121. The highest BCUT2D eigenvalue weighted by Crippen LogP contribution is 2.17. The molecule has 0 saturated carbocycles. The van der Waals surface area contributed by atoms with E-state index in [-0.39, 0.29) is 5.91 Å². The molecule has 0 radical (unpaired) electrons. The van der Waals surface area contributed by atoms with Crippen LogP contribution in [0.1, 0.15) is 31.7 Å². The number of carbonyl (C=O) groups is 1. The topological polar surface area (TPSA) is 55.1 Å². The first kappa shape index (κ1) is 12.7. The fourth-order valence-electron chi connectivity index (χ4n) is 1.52. The number of amides is 1. The van der Waals surface area contributed by atoms with Crippen molar-refractivity contribution in [3.8, 4) is 0 Å². The summed E-state index contributed by atoms with van der Waals surface area (Å²) in [5, 5.41) is 2.82. The Balaban J connectivity index is 2.31. The van der Waals surface area contributed by atoms with Crippen molar-refractivity contribution in [3.05, 3.63) is 35.9 Å². The van der Waals surface area contributed by atoms with E-state index in [1.54, 1.807) is 6.92 Å². The van der Waals surface area contributed by atoms with Crippen molar-refractivity contribution in [1.82, 2.24) is 5.32 Å². The molecule has 0 heterocycles. The number of nitrogens with two attached hydrogens (primary N) is 1. The van der Waals surface area contributed by atoms with Crippen LogP contribution in [-0.4, -0.2) is 18.5 Å². The summed E-state index contributed by atoms with van der Waals surface area (Å²) in [6.07, 6.45) is 0.933. The molecule has 16 heavy (non-hydrogen) atoms. The van der Waals surface area contributed by atoms with Gasteiger partial charge in [-0.3, -0.25) is 4.79 Å². The summed E-state index contributed by atoms with van der Waals surface area (Å²) < 4.78 is 0. The van der Waals surface area contributed by atoms with Gasteiger partial charge < -0.3 is 11.1 Å². The van der Waals surface area contributed by atoms with Crippen LogP contribution in [0.3, 0.4) is 0 Å². The van der Waals surface area contributed by atoms with Gasteiger partial charge in [-0.15, -0.1) is 0 Å². The molecule has 0 fully saturated rings. The van der Waals surface area contributed by atoms with Crippen LogP contribution in [0.15, 0.2) is 30.3 Å². The molecule has 2 unspecified atom stereocenters. The molecule has 0 spiro atoms. The zero-order valence-electron chi connectivity index (χ0n) is 9.94. The van der Waals surface area contributed by atoms with Crippen LogP contribution in [0.4, 0.5) is 0 Å². The molecule has 88 valence electrons. The Morgan fingerprint density at radius 3 is 2.50 bits per heavy atom. The predicted octanol–water partition coefficient (Wildman–Crippen LogP) is 1.64. The normalized spacial score (nSPS) is 14.2. The molecule has 1 aromatic carbocycles. The summed E-state index contributed by atoms with van der Waals surface area (Å²) in [4.78, 5) is 11.2. The molecule has 0 aliphatic heterocycles. The smallest absolute Gasteiger partial charge is 0.236 e. The molecule has 3 N–H and O–H groups in total. The second-order valence-corrected chi connectivity index (χ2v) is 4.18. The van der Waals surface area contributed by atoms with Crippen LogP contribution in [0.5, 0.6) is 0 Å². The first-order valence-corrected chi connectivity index (χ1v) is 5.69. The molecule has 3 nitrogen and oxygen atoms in total. The van der Waals surface area contributed by atoms with E-state index in [9.17, 15) is 4.79 Å². The standard InChI is InChI=1S/C13H20N2O/c1-10(12-6-4-3-5-7-12)8-9-15-13(16)11(2)14/h3-7,10-11H,8-9,14H2,1-2H3,(H,15,16). The van der Waals surface area contributed by atoms with E-state index < -0.39 is 6.04 Å². The van der Waals surface area contributed by atoms with E-state index in [0.29, 0.717) is 12.5 Å². The minimum atomic E-state index is -0.424. The van der Waals surface area contributed by atoms with Crippen molar-refractivity contribution in [3.63, 3.8) is 0 Å². The number of benzene rings is 1. The van der Waals surface area contributed by atoms with Crippen molar-refractivity contribution in [2.45, 2.75) is 32.2 Å². The van der Waals surface area contributed by atoms with Crippen LogP contribution in [0, 0.1) is 0 Å². The largest absolute Gasteiger partial charge is 0.355 e. The molecule has 1 aromatic rings. The van der Waals surface area contributed by atoms with Crippen molar-refractivity contribution < 1.29 is 4.79 Å². The fourth-order valence-corrected chi connectivity index (χ4v) is 1.52. The molecule has 2 atom stereocenters. The van der Waals surface area contributed by atoms with Crippen LogP contribution >= 0.6 is 0 Å². The Morgan fingerprint density at radius 2 is 1.94 bits per heavy atom. The lowest BCUT2D eigenvalue weighted by Gasteiger charge is -2.13. The van der Waals surface area contributed by atoms with E-state index in [0.717, 1.165) is 6.42 Å². The third-order valence-electron chi connectivity index (χ3n) is 2.66. The minimum Gasteiger partial charge on any atom is -0.355 e. The Morgan fingerprint density at radius 1 is 1.31 bits per heavy atom. The third kappa shape index (κ3) is 4.03. The lowest BCUT2D eigenvalue weighted by atomic mass is 9.98. The number of hydrogen-bond donors (Lipinski definition) is 2. The third-order valence-corrected chi connectivity index (χ3v) is 2.66. The summed E-state index contributed by atoms with van der Waals surface area (Å²) in [6.45, 7) is 4.53. The van der Waals surface area contributed by atoms with Crippen LogP contribution in [0.25, 0.3) is 0 Å². The van der Waals surface area contributed by atoms with E-state index in [4.69, 9.17) is 5.73 Å². The quantitative estimate of drug-likeness (QED) is 0.792. The molecular formula is C13H20N2O. The van der Waals surface area contributed by atoms with Crippen molar-refractivity contribution in [1.29, 1.82) is 0 Å². The molecule has 0 aromatic heterocycles. The first-order valence-electron chi connectivity index (χ1n) is 5.69. The van der Waals surface area contributed by atoms with Crippen molar-refractivity contribution >= 4 is 5.91 Å². The number of carbonyl (C=O) groups excluding carboxylic acids is 1. The molecule has 1 rings (SSSR count). The molecular weight excluding hydrogens is 200 g/mol. The second-order valence-electron chi connectivity index (χ2n) is 4.18. The SMILES string of the molecule is CC(N)C(=O)NCCC(C)c1ccccc1. The van der Waals surface area contributed by atoms with Gasteiger partial charge in [0, 0.05) is 6.54 Å². The van der Waals surface area contributed by atoms with Crippen LogP contribution < -0.4 is 11.1 Å². The van der Waals surface area contributed by atoms with Gasteiger partial charge in [0.2, 0.25) is 5.91 Å². The van der Waals surface area contributed by atoms with Gasteiger partial charge in [0.25, 0.3) is 0 Å². The van der Waals surface area contributed by atoms with E-state index in [2.05, 4.69) is 24.4 Å². The number of rotatable bonds is 5. The van der Waals surface area contributed by atoms with Crippen molar-refractivity contribution in [2.75, 3.05) is 6.54 Å². The molecule has 3 heteroatoms. The van der Waals surface area contributed by atoms with Crippen LogP contribution in [-0.2, 0) is 4.79 Å². The van der Waals surface area contributed by atoms with Gasteiger partial charge in [0.1, 0.15) is 0 Å². The van der Waals surface area contributed by atoms with Gasteiger partial charge in [-0.1, -0.05) is 37.3 Å². The summed E-state index contributed by atoms with van der Waals surface area (Å²) in [7, 11) is 0. The summed E-state index contributed by atoms with van der Waals surface area (Å²) >= 11 is 0. The summed E-state index contributed by atoms with van der Waals surface area (Å²) in [6, 6.07) is 9.87. The van der Waals surface area contributed by atoms with E-state index in [1.807, 2.05) is 18.2 Å². The van der Waals surface area contributed by atoms with Gasteiger partial charge in [0.15, 0.2) is 0 Å². The number of hydrogen-bond acceptors (Lipinski definition) is 2. The maximum Gasteiger partial charge on any atom is 0.236 e. The number of nitrogens with one attached hydrogen (secondary N) is 1. The Kier molecular flexibility index (Phi) is 4.99. The Labute approximate surface area is 97.0 Å². The minimum absolute atomic E-state index is 0.0831. The summed E-state index contributed by atoms with van der Waals surface area (Å²) in [5.41, 5.74) is 6.76. The van der Waals surface area contributed by atoms with E-state index in [1.165, 1.54) is 5.56 Å². The maximum atomic E-state index is 11.2. The average molecular weight is 220 g/mol. The Hall–Kier alpha value is -1.35. The maximum absolute atomic E-state index is 11.2. The Bertz CT molecular complexity index is 322. The molecule has 0 aliphatic carbocycles. The van der Waals surface area contributed by atoms with Crippen LogP contribution in [0.2, 0.25) is 0 Å². The zero-order chi connectivity index (χ0) is 12.0. The monoisotopic (exact) mass is 220 g/mol. The highest BCUT2D eigenvalue weighted by molar-refractivity contribution is 5.80. The second kappa shape index (κ2) is 6.28. The van der Waals surface area contributed by atoms with Gasteiger partial charge >= 0.3 is 0 Å². The predicted molar refractivity (Wildman–Crippen MR) is 66.1 cm³/mol. The average Bonchev–Trinajstić information content (AvgIpc) is 2.29. The van der Waals surface area contributed by atoms with Gasteiger partial charge in [0.05, 0.1) is 6.04 Å². The van der Waals surface area contributed by atoms with Gasteiger partial charge in [-0.2, -0.15) is 0 Å². The highest BCUT2D eigenvalue weighted by Gasteiger charge is 2.08. The summed E-state index contributed by atoms with van der Waals surface area (Å²) in [5.74, 6) is 0.370. The highest BCUT2D eigenvalue weighted by atomic mass is 16.2. The zero-order valence-corrected chi connectivity index (χ0v) is 9.94. The van der Waals surface area contributed by atoms with E-state index >= 15 is 0 Å². The lowest BCUT2D eigenvalue weighted by Crippen LogP contribution is -2.38. The van der Waals surface area contributed by atoms with Gasteiger partial charge in [-0.05, 0) is 24.8 Å².